The summed E-state index contributed by atoms with van der Waals surface area (Å²) in [5.74, 6) is 0. The predicted molar refractivity (Wildman–Crippen MR) is 69.5 cm³/mol. The fourth-order valence-electron chi connectivity index (χ4n) is 1.96. The van der Waals surface area contributed by atoms with Crippen molar-refractivity contribution >= 4 is 23.3 Å². The number of halogens is 1. The van der Waals surface area contributed by atoms with Gasteiger partial charge in [-0.1, -0.05) is 17.7 Å². The van der Waals surface area contributed by atoms with Gasteiger partial charge in [0, 0.05) is 30.8 Å². The molecule has 0 spiro atoms. The van der Waals surface area contributed by atoms with Crippen molar-refractivity contribution in [2.24, 2.45) is 5.73 Å². The zero-order chi connectivity index (χ0) is 12.6. The molecule has 1 saturated heterocycles. The highest BCUT2D eigenvalue weighted by atomic mass is 35.5. The minimum Gasteiger partial charge on any atom is -0.328 e. The minimum atomic E-state index is -0.0274. The summed E-state index contributed by atoms with van der Waals surface area (Å²) >= 11 is 6.07. The number of likely N-dealkylation sites (N-methyl/N-ethyl adjacent to an activating group) is 1. The van der Waals surface area contributed by atoms with Crippen LogP contribution in [0.5, 0.6) is 0 Å². The fourth-order valence-corrected chi connectivity index (χ4v) is 2.13. The van der Waals surface area contributed by atoms with Gasteiger partial charge >= 0.3 is 6.03 Å². The lowest BCUT2D eigenvalue weighted by atomic mass is 10.2. The summed E-state index contributed by atoms with van der Waals surface area (Å²) < 4.78 is 0. The molecule has 1 heterocycles. The van der Waals surface area contributed by atoms with E-state index in [9.17, 15) is 4.79 Å². The number of carbonyl (C=O) groups is 1. The van der Waals surface area contributed by atoms with Gasteiger partial charge in [0.25, 0.3) is 0 Å². The standard InChI is InChI=1S/C12H16ClN3O/c1-8-3-4-9(5-11(8)13)16-7-10(6-14)15(2)12(16)17/h3-5,10H,6-7,14H2,1-2H3. The molecule has 17 heavy (non-hydrogen) atoms. The molecule has 2 N–H and O–H groups in total. The summed E-state index contributed by atoms with van der Waals surface area (Å²) in [6, 6.07) is 5.69. The van der Waals surface area contributed by atoms with Crippen LogP contribution in [0.2, 0.25) is 5.02 Å². The molecule has 5 heteroatoms. The Morgan fingerprint density at radius 2 is 2.24 bits per heavy atom. The highest BCUT2D eigenvalue weighted by Crippen LogP contribution is 2.27. The van der Waals surface area contributed by atoms with Gasteiger partial charge in [-0.3, -0.25) is 4.90 Å². The van der Waals surface area contributed by atoms with Crippen LogP contribution in [0.1, 0.15) is 5.56 Å². The van der Waals surface area contributed by atoms with E-state index in [1.165, 1.54) is 0 Å². The lowest BCUT2D eigenvalue weighted by Crippen LogP contribution is -2.35. The van der Waals surface area contributed by atoms with Gasteiger partial charge in [0.1, 0.15) is 0 Å². The molecule has 0 aromatic heterocycles. The van der Waals surface area contributed by atoms with Gasteiger partial charge in [-0.05, 0) is 24.6 Å². The number of nitrogens with two attached hydrogens (primary N) is 1. The largest absolute Gasteiger partial charge is 0.328 e. The molecule has 1 aliphatic rings. The first kappa shape index (κ1) is 12.2. The van der Waals surface area contributed by atoms with E-state index in [1.807, 2.05) is 25.1 Å². The molecule has 4 nitrogen and oxygen atoms in total. The number of rotatable bonds is 2. The number of anilines is 1. The van der Waals surface area contributed by atoms with Crippen LogP contribution in [0.4, 0.5) is 10.5 Å². The van der Waals surface area contributed by atoms with Crippen molar-refractivity contribution in [1.82, 2.24) is 4.90 Å². The maximum Gasteiger partial charge on any atom is 0.324 e. The minimum absolute atomic E-state index is 0.0274. The first-order valence-electron chi connectivity index (χ1n) is 5.55. The Hall–Kier alpha value is -1.26. The second-order valence-electron chi connectivity index (χ2n) is 4.33. The van der Waals surface area contributed by atoms with Crippen LogP contribution in [0.15, 0.2) is 18.2 Å². The highest BCUT2D eigenvalue weighted by molar-refractivity contribution is 6.31. The maximum atomic E-state index is 12.0. The van der Waals surface area contributed by atoms with Crippen LogP contribution in [0.3, 0.4) is 0 Å². The van der Waals surface area contributed by atoms with Crippen molar-refractivity contribution < 1.29 is 4.79 Å². The number of carbonyl (C=O) groups excluding carboxylic acids is 1. The van der Waals surface area contributed by atoms with Crippen LogP contribution in [-0.4, -0.2) is 37.1 Å². The summed E-state index contributed by atoms with van der Waals surface area (Å²) in [6.07, 6.45) is 0. The summed E-state index contributed by atoms with van der Waals surface area (Å²) in [5.41, 5.74) is 7.47. The van der Waals surface area contributed by atoms with Gasteiger partial charge < -0.3 is 10.6 Å². The number of amides is 2. The van der Waals surface area contributed by atoms with Gasteiger partial charge in [-0.25, -0.2) is 4.79 Å². The Balaban J connectivity index is 2.29. The SMILES string of the molecule is Cc1ccc(N2CC(CN)N(C)C2=O)cc1Cl. The average molecular weight is 254 g/mol. The third kappa shape index (κ3) is 2.10. The van der Waals surface area contributed by atoms with Crippen molar-refractivity contribution in [3.8, 4) is 0 Å². The van der Waals surface area contributed by atoms with E-state index in [2.05, 4.69) is 0 Å². The Labute approximate surface area is 106 Å². The van der Waals surface area contributed by atoms with Gasteiger partial charge in [0.2, 0.25) is 0 Å². The van der Waals surface area contributed by atoms with Crippen LogP contribution in [0.25, 0.3) is 0 Å². The maximum absolute atomic E-state index is 12.0. The normalized spacial score (nSPS) is 20.2. The van der Waals surface area contributed by atoms with E-state index in [1.54, 1.807) is 16.8 Å². The number of benzene rings is 1. The lowest BCUT2D eigenvalue weighted by Gasteiger charge is -2.16. The molecule has 0 radical (unpaired) electrons. The van der Waals surface area contributed by atoms with E-state index in [0.29, 0.717) is 18.1 Å². The Kier molecular flexibility index (Phi) is 3.26. The molecule has 0 bridgehead atoms. The summed E-state index contributed by atoms with van der Waals surface area (Å²) in [4.78, 5) is 15.4. The monoisotopic (exact) mass is 253 g/mol. The number of urea groups is 1. The number of hydrogen-bond donors (Lipinski definition) is 1. The molecular weight excluding hydrogens is 238 g/mol. The van der Waals surface area contributed by atoms with Crippen LogP contribution in [0, 0.1) is 6.92 Å². The smallest absolute Gasteiger partial charge is 0.324 e. The third-order valence-corrected chi connectivity index (χ3v) is 3.62. The zero-order valence-corrected chi connectivity index (χ0v) is 10.7. The van der Waals surface area contributed by atoms with Crippen molar-refractivity contribution in [2.45, 2.75) is 13.0 Å². The van der Waals surface area contributed by atoms with Crippen molar-refractivity contribution in [2.75, 3.05) is 25.0 Å². The zero-order valence-electron chi connectivity index (χ0n) is 9.98. The second kappa shape index (κ2) is 4.55. The molecule has 0 aliphatic carbocycles. The average Bonchev–Trinajstić information content (AvgIpc) is 2.60. The molecule has 1 atom stereocenters. The summed E-state index contributed by atoms with van der Waals surface area (Å²) in [6.45, 7) is 3.02. The van der Waals surface area contributed by atoms with E-state index < -0.39 is 0 Å². The van der Waals surface area contributed by atoms with Gasteiger partial charge in [0.15, 0.2) is 0 Å². The topological polar surface area (TPSA) is 49.6 Å². The van der Waals surface area contributed by atoms with E-state index >= 15 is 0 Å². The first-order chi connectivity index (χ1) is 8.04. The van der Waals surface area contributed by atoms with E-state index in [-0.39, 0.29) is 12.1 Å². The summed E-state index contributed by atoms with van der Waals surface area (Å²) in [7, 11) is 1.77. The van der Waals surface area contributed by atoms with Crippen molar-refractivity contribution in [3.63, 3.8) is 0 Å². The number of nitrogens with zero attached hydrogens (tertiary/aromatic N) is 2. The van der Waals surface area contributed by atoms with Gasteiger partial charge in [0.05, 0.1) is 6.04 Å². The van der Waals surface area contributed by atoms with Crippen molar-refractivity contribution in [3.05, 3.63) is 28.8 Å². The predicted octanol–water partition coefficient (Wildman–Crippen LogP) is 1.85. The molecule has 1 aromatic carbocycles. The molecule has 2 amide bonds. The fraction of sp³-hybridized carbons (Fsp3) is 0.417. The Bertz CT molecular complexity index is 449. The van der Waals surface area contributed by atoms with Gasteiger partial charge in [-0.2, -0.15) is 0 Å². The number of aryl methyl sites for hydroxylation is 1. The van der Waals surface area contributed by atoms with Gasteiger partial charge in [-0.15, -0.1) is 0 Å². The molecule has 1 unspecified atom stereocenters. The molecule has 1 aliphatic heterocycles. The van der Waals surface area contributed by atoms with Crippen molar-refractivity contribution in [1.29, 1.82) is 0 Å². The molecule has 92 valence electrons. The third-order valence-electron chi connectivity index (χ3n) is 3.21. The van der Waals surface area contributed by atoms with Crippen LogP contribution < -0.4 is 10.6 Å². The van der Waals surface area contributed by atoms with Crippen LogP contribution >= 0.6 is 11.6 Å². The summed E-state index contributed by atoms with van der Waals surface area (Å²) in [5, 5.41) is 0.675. The molecule has 1 fully saturated rings. The molecule has 1 aromatic rings. The first-order valence-corrected chi connectivity index (χ1v) is 5.93. The molecule has 2 rings (SSSR count). The highest BCUT2D eigenvalue weighted by Gasteiger charge is 2.34. The Morgan fingerprint density at radius 3 is 2.76 bits per heavy atom. The van der Waals surface area contributed by atoms with E-state index in [4.69, 9.17) is 17.3 Å². The Morgan fingerprint density at radius 1 is 1.53 bits per heavy atom. The quantitative estimate of drug-likeness (QED) is 0.875. The van der Waals surface area contributed by atoms with E-state index in [0.717, 1.165) is 11.3 Å². The molecule has 0 saturated carbocycles. The lowest BCUT2D eigenvalue weighted by molar-refractivity contribution is 0.219. The number of hydrogen-bond acceptors (Lipinski definition) is 2. The second-order valence-corrected chi connectivity index (χ2v) is 4.73. The van der Waals surface area contributed by atoms with Crippen LogP contribution in [-0.2, 0) is 0 Å². The molecular formula is C12H16ClN3O.